The molecule has 1 saturated heterocycles. The van der Waals surface area contributed by atoms with Crippen molar-refractivity contribution in [3.63, 3.8) is 0 Å². The molecule has 7 heteroatoms. The highest BCUT2D eigenvalue weighted by Gasteiger charge is 2.38. The molecule has 4 rings (SSSR count). The average Bonchev–Trinajstić information content (AvgIpc) is 3.27. The average molecular weight is 356 g/mol. The molecular formula is C19H16O7. The van der Waals surface area contributed by atoms with Gasteiger partial charge in [0.2, 0.25) is 6.79 Å². The minimum Gasteiger partial charge on any atom is -0.497 e. The van der Waals surface area contributed by atoms with Crippen LogP contribution in [0.15, 0.2) is 48.2 Å². The lowest BCUT2D eigenvalue weighted by molar-refractivity contribution is 0.0403. The first-order valence-corrected chi connectivity index (χ1v) is 7.96. The summed E-state index contributed by atoms with van der Waals surface area (Å²) < 4.78 is 26.0. The molecule has 0 amide bonds. The Hall–Kier alpha value is -3.19. The van der Waals surface area contributed by atoms with Crippen LogP contribution < -0.4 is 14.2 Å². The van der Waals surface area contributed by atoms with E-state index in [0.29, 0.717) is 22.8 Å². The van der Waals surface area contributed by atoms with Crippen molar-refractivity contribution in [2.75, 3.05) is 13.9 Å². The van der Waals surface area contributed by atoms with E-state index in [4.69, 9.17) is 23.7 Å². The molecule has 134 valence electrons. The number of carbonyl (C=O) groups is 1. The molecule has 0 aliphatic carbocycles. The summed E-state index contributed by atoms with van der Waals surface area (Å²) in [5, 5.41) is 10.7. The normalized spacial score (nSPS) is 20.6. The van der Waals surface area contributed by atoms with Crippen LogP contribution in [-0.4, -0.2) is 31.3 Å². The molecule has 0 radical (unpaired) electrons. The molecule has 2 heterocycles. The molecule has 0 saturated carbocycles. The van der Waals surface area contributed by atoms with Crippen molar-refractivity contribution in [3.05, 3.63) is 59.4 Å². The van der Waals surface area contributed by atoms with E-state index < -0.39 is 18.4 Å². The van der Waals surface area contributed by atoms with Gasteiger partial charge in [0.25, 0.3) is 0 Å². The molecule has 0 unspecified atom stereocenters. The van der Waals surface area contributed by atoms with Crippen LogP contribution in [0.25, 0.3) is 6.08 Å². The molecule has 0 spiro atoms. The maximum absolute atomic E-state index is 11.6. The van der Waals surface area contributed by atoms with Crippen molar-refractivity contribution >= 4 is 12.2 Å². The lowest BCUT2D eigenvalue weighted by atomic mass is 10.0. The van der Waals surface area contributed by atoms with Gasteiger partial charge in [-0.1, -0.05) is 18.2 Å². The summed E-state index contributed by atoms with van der Waals surface area (Å²) in [5.41, 5.74) is 1.31. The van der Waals surface area contributed by atoms with Gasteiger partial charge in [-0.2, -0.15) is 0 Å². The van der Waals surface area contributed by atoms with Gasteiger partial charge in [-0.3, -0.25) is 0 Å². The van der Waals surface area contributed by atoms with E-state index >= 15 is 0 Å². The highest BCUT2D eigenvalue weighted by Crippen LogP contribution is 2.38. The minimum atomic E-state index is -1.11. The second kappa shape index (κ2) is 6.61. The Morgan fingerprint density at radius 1 is 1.15 bits per heavy atom. The minimum absolute atomic E-state index is 0.138. The summed E-state index contributed by atoms with van der Waals surface area (Å²) in [6.07, 6.45) is -1.27. The number of aliphatic hydroxyl groups excluding tert-OH is 1. The van der Waals surface area contributed by atoms with E-state index in [1.807, 2.05) is 12.1 Å². The van der Waals surface area contributed by atoms with E-state index in [0.717, 1.165) is 5.56 Å². The molecule has 2 aliphatic heterocycles. The lowest BCUT2D eigenvalue weighted by Crippen LogP contribution is -2.19. The van der Waals surface area contributed by atoms with Gasteiger partial charge in [-0.15, -0.1) is 0 Å². The zero-order chi connectivity index (χ0) is 18.1. The van der Waals surface area contributed by atoms with Crippen LogP contribution in [0.1, 0.15) is 17.2 Å². The Kier molecular flexibility index (Phi) is 4.14. The number of cyclic esters (lactones) is 2. The van der Waals surface area contributed by atoms with Crippen molar-refractivity contribution in [2.24, 2.45) is 0 Å². The zero-order valence-electron chi connectivity index (χ0n) is 13.9. The van der Waals surface area contributed by atoms with E-state index in [1.165, 1.54) is 0 Å². The first-order valence-electron chi connectivity index (χ1n) is 7.96. The number of benzene rings is 2. The van der Waals surface area contributed by atoms with Crippen molar-refractivity contribution in [1.29, 1.82) is 0 Å². The van der Waals surface area contributed by atoms with Crippen LogP contribution in [0.3, 0.4) is 0 Å². The molecule has 26 heavy (non-hydrogen) atoms. The summed E-state index contributed by atoms with van der Waals surface area (Å²) in [5.74, 6) is 2.08. The third kappa shape index (κ3) is 3.04. The fourth-order valence-electron chi connectivity index (χ4n) is 2.81. The molecule has 1 fully saturated rings. The van der Waals surface area contributed by atoms with Gasteiger partial charge in [-0.05, 0) is 41.5 Å². The number of fused-ring (bicyclic) bond motifs is 1. The van der Waals surface area contributed by atoms with Crippen molar-refractivity contribution in [2.45, 2.75) is 12.2 Å². The fraction of sp³-hybridized carbons (Fsp3) is 0.211. The molecular weight excluding hydrogens is 340 g/mol. The highest BCUT2D eigenvalue weighted by atomic mass is 16.8. The summed E-state index contributed by atoms with van der Waals surface area (Å²) in [6.45, 7) is 0.138. The molecule has 7 nitrogen and oxygen atoms in total. The first-order chi connectivity index (χ1) is 12.6. The Labute approximate surface area is 149 Å². The SMILES string of the molecule is COc1ccc(/C=C2\OC(=O)O[C@@H]2[C@H](O)c2ccc3c(c2)OCO3)cc1. The second-order valence-electron chi connectivity index (χ2n) is 5.77. The van der Waals surface area contributed by atoms with Crippen LogP contribution in [-0.2, 0) is 9.47 Å². The monoisotopic (exact) mass is 356 g/mol. The maximum atomic E-state index is 11.6. The molecule has 1 N–H and O–H groups in total. The Balaban J connectivity index is 1.60. The van der Waals surface area contributed by atoms with Gasteiger partial charge >= 0.3 is 6.16 Å². The van der Waals surface area contributed by atoms with Crippen LogP contribution in [0, 0.1) is 0 Å². The Morgan fingerprint density at radius 3 is 2.69 bits per heavy atom. The largest absolute Gasteiger partial charge is 0.514 e. The van der Waals surface area contributed by atoms with Crippen LogP contribution in [0.2, 0.25) is 0 Å². The summed E-state index contributed by atoms with van der Waals surface area (Å²) in [4.78, 5) is 11.6. The summed E-state index contributed by atoms with van der Waals surface area (Å²) in [6, 6.07) is 12.2. The van der Waals surface area contributed by atoms with Crippen molar-refractivity contribution < 1.29 is 33.6 Å². The molecule has 2 atom stereocenters. The van der Waals surface area contributed by atoms with E-state index in [1.54, 1.807) is 43.5 Å². The molecule has 2 aromatic carbocycles. The number of hydrogen-bond acceptors (Lipinski definition) is 7. The van der Waals surface area contributed by atoms with Crippen LogP contribution >= 0.6 is 0 Å². The maximum Gasteiger partial charge on any atom is 0.514 e. The number of aliphatic hydroxyl groups is 1. The molecule has 2 aromatic rings. The Bertz CT molecular complexity index is 857. The first kappa shape index (κ1) is 16.3. The summed E-state index contributed by atoms with van der Waals surface area (Å²) in [7, 11) is 1.58. The number of hydrogen-bond donors (Lipinski definition) is 1. The van der Waals surface area contributed by atoms with Gasteiger partial charge in [0.05, 0.1) is 7.11 Å². The van der Waals surface area contributed by atoms with Gasteiger partial charge in [-0.25, -0.2) is 4.79 Å². The number of ether oxygens (including phenoxy) is 5. The van der Waals surface area contributed by atoms with E-state index in [9.17, 15) is 9.90 Å². The predicted molar refractivity (Wildman–Crippen MR) is 89.8 cm³/mol. The third-order valence-corrected chi connectivity index (χ3v) is 4.15. The molecule has 0 bridgehead atoms. The van der Waals surface area contributed by atoms with Crippen molar-refractivity contribution in [1.82, 2.24) is 0 Å². The van der Waals surface area contributed by atoms with Gasteiger partial charge in [0.15, 0.2) is 23.4 Å². The number of methoxy groups -OCH3 is 1. The van der Waals surface area contributed by atoms with Gasteiger partial charge in [0, 0.05) is 0 Å². The smallest absolute Gasteiger partial charge is 0.497 e. The quantitative estimate of drug-likeness (QED) is 0.843. The predicted octanol–water partition coefficient (Wildman–Crippen LogP) is 3.03. The van der Waals surface area contributed by atoms with E-state index in [-0.39, 0.29) is 12.6 Å². The summed E-state index contributed by atoms with van der Waals surface area (Å²) >= 11 is 0. The number of rotatable bonds is 4. The number of carbonyl (C=O) groups excluding carboxylic acids is 1. The Morgan fingerprint density at radius 2 is 1.92 bits per heavy atom. The third-order valence-electron chi connectivity index (χ3n) is 4.15. The standard InChI is InChI=1S/C19H16O7/c1-22-13-5-2-11(3-6-13)8-16-18(26-19(21)25-16)17(20)12-4-7-14-15(9-12)24-10-23-14/h2-9,17-18,20H,10H2,1H3/b16-8-/t17-,18+/m1/s1. The zero-order valence-corrected chi connectivity index (χ0v) is 13.9. The lowest BCUT2D eigenvalue weighted by Gasteiger charge is -2.16. The van der Waals surface area contributed by atoms with Crippen molar-refractivity contribution in [3.8, 4) is 17.2 Å². The van der Waals surface area contributed by atoms with E-state index in [2.05, 4.69) is 0 Å². The van der Waals surface area contributed by atoms with Gasteiger partial charge < -0.3 is 28.8 Å². The fourth-order valence-corrected chi connectivity index (χ4v) is 2.81. The van der Waals surface area contributed by atoms with Crippen LogP contribution in [0.5, 0.6) is 17.2 Å². The molecule has 2 aliphatic rings. The van der Waals surface area contributed by atoms with Gasteiger partial charge in [0.1, 0.15) is 11.9 Å². The van der Waals surface area contributed by atoms with Crippen LogP contribution in [0.4, 0.5) is 4.79 Å². The topological polar surface area (TPSA) is 83.5 Å². The molecule has 0 aromatic heterocycles. The highest BCUT2D eigenvalue weighted by molar-refractivity contribution is 5.69. The second-order valence-corrected chi connectivity index (χ2v) is 5.77.